The first-order chi connectivity index (χ1) is 16.7. The Kier molecular flexibility index (Phi) is 6.29. The van der Waals surface area contributed by atoms with Crippen molar-refractivity contribution in [2.75, 3.05) is 24.8 Å². The van der Waals surface area contributed by atoms with Crippen LogP contribution in [0.2, 0.25) is 0 Å². The van der Waals surface area contributed by atoms with E-state index in [2.05, 4.69) is 15.5 Å². The van der Waals surface area contributed by atoms with E-state index in [9.17, 15) is 9.59 Å². The average molecular weight is 474 g/mol. The molecule has 3 aromatic carbocycles. The topological polar surface area (TPSA) is 90.5 Å². The average Bonchev–Trinajstić information content (AvgIpc) is 3.29. The van der Waals surface area contributed by atoms with Crippen molar-refractivity contribution in [1.29, 1.82) is 0 Å². The second kappa shape index (κ2) is 9.66. The normalized spacial score (nSPS) is 11.4. The number of benzene rings is 3. The molecule has 5 rings (SSSR count). The molecule has 0 unspecified atom stereocenters. The number of thioether (sulfide) groups is 1. The number of anilines is 1. The first-order valence-corrected chi connectivity index (χ1v) is 11.9. The van der Waals surface area contributed by atoms with Gasteiger partial charge in [0, 0.05) is 25.9 Å². The van der Waals surface area contributed by atoms with Gasteiger partial charge >= 0.3 is 0 Å². The number of fused-ring (bicyclic) bond motifs is 4. The number of hydrogen-bond donors (Lipinski definition) is 1. The summed E-state index contributed by atoms with van der Waals surface area (Å²) in [5.41, 5.74) is 1.35. The van der Waals surface area contributed by atoms with Gasteiger partial charge in [0.25, 0.3) is 5.56 Å². The third kappa shape index (κ3) is 4.27. The van der Waals surface area contributed by atoms with Crippen LogP contribution in [0.4, 0.5) is 5.69 Å². The van der Waals surface area contributed by atoms with Crippen LogP contribution in [-0.2, 0) is 16.1 Å². The Labute approximate surface area is 199 Å². The number of ether oxygens (including phenoxy) is 1. The fourth-order valence-electron chi connectivity index (χ4n) is 3.99. The van der Waals surface area contributed by atoms with Crippen molar-refractivity contribution in [2.45, 2.75) is 18.1 Å². The van der Waals surface area contributed by atoms with Crippen LogP contribution in [0, 0.1) is 0 Å². The van der Waals surface area contributed by atoms with Crippen molar-refractivity contribution >= 4 is 50.8 Å². The standard InChI is InChI=1S/C25H23N5O3S/c1-33-14-6-13-29-23(32)20-9-4-5-10-21(20)30-24(29)27-28-25(30)34-16-22(31)26-19-12-11-17-7-2-3-8-18(17)15-19/h2-5,7-12,15H,6,13-14,16H2,1H3,(H,26,31). The van der Waals surface area contributed by atoms with Gasteiger partial charge in [0.05, 0.1) is 16.7 Å². The fraction of sp³-hybridized carbons (Fsp3) is 0.200. The fourth-order valence-corrected chi connectivity index (χ4v) is 4.73. The van der Waals surface area contributed by atoms with E-state index < -0.39 is 0 Å². The van der Waals surface area contributed by atoms with Crippen LogP contribution in [0.3, 0.4) is 0 Å². The largest absolute Gasteiger partial charge is 0.385 e. The monoisotopic (exact) mass is 473 g/mol. The van der Waals surface area contributed by atoms with Crippen LogP contribution in [0.5, 0.6) is 0 Å². The van der Waals surface area contributed by atoms with Gasteiger partial charge < -0.3 is 10.1 Å². The number of amides is 1. The van der Waals surface area contributed by atoms with E-state index in [0.717, 1.165) is 16.5 Å². The smallest absolute Gasteiger partial charge is 0.262 e. The van der Waals surface area contributed by atoms with E-state index in [1.165, 1.54) is 11.8 Å². The van der Waals surface area contributed by atoms with Crippen molar-refractivity contribution in [2.24, 2.45) is 0 Å². The molecule has 0 fully saturated rings. The number of aryl methyl sites for hydroxylation is 1. The lowest BCUT2D eigenvalue weighted by Crippen LogP contribution is -2.24. The maximum absolute atomic E-state index is 13.1. The van der Waals surface area contributed by atoms with Gasteiger partial charge in [-0.25, -0.2) is 0 Å². The quantitative estimate of drug-likeness (QED) is 0.271. The van der Waals surface area contributed by atoms with Gasteiger partial charge in [-0.05, 0) is 41.5 Å². The highest BCUT2D eigenvalue weighted by atomic mass is 32.2. The number of rotatable bonds is 8. The number of nitrogens with zero attached hydrogens (tertiary/aromatic N) is 4. The predicted octanol–water partition coefficient (Wildman–Crippen LogP) is 3.96. The molecule has 0 aliphatic rings. The van der Waals surface area contributed by atoms with Crippen molar-refractivity contribution in [1.82, 2.24) is 19.2 Å². The van der Waals surface area contributed by atoms with E-state index in [4.69, 9.17) is 4.74 Å². The zero-order valence-electron chi connectivity index (χ0n) is 18.6. The van der Waals surface area contributed by atoms with E-state index in [1.807, 2.05) is 65.1 Å². The van der Waals surface area contributed by atoms with Gasteiger partial charge in [0.15, 0.2) is 5.16 Å². The van der Waals surface area contributed by atoms with E-state index in [-0.39, 0.29) is 17.2 Å². The Bertz CT molecular complexity index is 1560. The summed E-state index contributed by atoms with van der Waals surface area (Å²) in [6, 6.07) is 21.2. The van der Waals surface area contributed by atoms with E-state index >= 15 is 0 Å². The second-order valence-corrected chi connectivity index (χ2v) is 8.78. The number of nitrogens with one attached hydrogen (secondary N) is 1. The Morgan fingerprint density at radius 1 is 1.03 bits per heavy atom. The van der Waals surface area contributed by atoms with Gasteiger partial charge in [0.2, 0.25) is 11.7 Å². The molecule has 0 radical (unpaired) electrons. The highest BCUT2D eigenvalue weighted by Gasteiger charge is 2.17. The predicted molar refractivity (Wildman–Crippen MR) is 135 cm³/mol. The number of carbonyl (C=O) groups is 1. The van der Waals surface area contributed by atoms with Crippen LogP contribution in [0.25, 0.3) is 27.5 Å². The molecule has 2 heterocycles. The minimum Gasteiger partial charge on any atom is -0.385 e. The molecule has 5 aromatic rings. The maximum atomic E-state index is 13.1. The highest BCUT2D eigenvalue weighted by Crippen LogP contribution is 2.23. The summed E-state index contributed by atoms with van der Waals surface area (Å²) in [6.45, 7) is 1.00. The number of carbonyl (C=O) groups excluding carboxylic acids is 1. The summed E-state index contributed by atoms with van der Waals surface area (Å²) in [4.78, 5) is 25.8. The second-order valence-electron chi connectivity index (χ2n) is 7.84. The minimum atomic E-state index is -0.144. The van der Waals surface area contributed by atoms with Crippen LogP contribution < -0.4 is 10.9 Å². The molecule has 0 aliphatic heterocycles. The third-order valence-corrected chi connectivity index (χ3v) is 6.50. The number of aromatic nitrogens is 4. The zero-order valence-corrected chi connectivity index (χ0v) is 19.4. The Hall–Kier alpha value is -3.69. The summed E-state index contributed by atoms with van der Waals surface area (Å²) in [5, 5.41) is 14.9. The maximum Gasteiger partial charge on any atom is 0.262 e. The molecule has 8 nitrogen and oxygen atoms in total. The molecule has 1 amide bonds. The van der Waals surface area contributed by atoms with Crippen LogP contribution in [-0.4, -0.2) is 44.5 Å². The first-order valence-electron chi connectivity index (χ1n) is 10.9. The molecule has 0 atom stereocenters. The number of para-hydroxylation sites is 1. The van der Waals surface area contributed by atoms with Crippen molar-refractivity contribution in [3.8, 4) is 0 Å². The highest BCUT2D eigenvalue weighted by molar-refractivity contribution is 7.99. The summed E-state index contributed by atoms with van der Waals surface area (Å²) >= 11 is 1.28. The zero-order chi connectivity index (χ0) is 23.5. The molecular weight excluding hydrogens is 450 g/mol. The lowest BCUT2D eigenvalue weighted by atomic mass is 10.1. The van der Waals surface area contributed by atoms with Crippen molar-refractivity contribution in [3.63, 3.8) is 0 Å². The molecule has 0 saturated carbocycles. The molecule has 0 saturated heterocycles. The summed E-state index contributed by atoms with van der Waals surface area (Å²) < 4.78 is 8.60. The molecule has 0 spiro atoms. The van der Waals surface area contributed by atoms with Crippen LogP contribution >= 0.6 is 11.8 Å². The van der Waals surface area contributed by atoms with Gasteiger partial charge in [-0.2, -0.15) is 0 Å². The van der Waals surface area contributed by atoms with Gasteiger partial charge in [-0.15, -0.1) is 10.2 Å². The Morgan fingerprint density at radius 3 is 2.68 bits per heavy atom. The molecule has 34 heavy (non-hydrogen) atoms. The Morgan fingerprint density at radius 2 is 1.82 bits per heavy atom. The van der Waals surface area contributed by atoms with Gasteiger partial charge in [0.1, 0.15) is 0 Å². The molecule has 0 aliphatic carbocycles. The van der Waals surface area contributed by atoms with Gasteiger partial charge in [-0.3, -0.25) is 18.6 Å². The van der Waals surface area contributed by atoms with E-state index in [1.54, 1.807) is 17.7 Å². The third-order valence-electron chi connectivity index (χ3n) is 5.57. The van der Waals surface area contributed by atoms with Crippen LogP contribution in [0.15, 0.2) is 76.7 Å². The van der Waals surface area contributed by atoms with Crippen molar-refractivity contribution in [3.05, 3.63) is 77.1 Å². The number of hydrogen-bond acceptors (Lipinski definition) is 6. The lowest BCUT2D eigenvalue weighted by molar-refractivity contribution is -0.113. The Balaban J connectivity index is 1.41. The minimum absolute atomic E-state index is 0.114. The molecular formula is C25H23N5O3S. The molecule has 2 aromatic heterocycles. The number of methoxy groups -OCH3 is 1. The van der Waals surface area contributed by atoms with E-state index in [0.29, 0.717) is 41.4 Å². The summed E-state index contributed by atoms with van der Waals surface area (Å²) in [6.07, 6.45) is 0.675. The SMILES string of the molecule is COCCCn1c(=O)c2ccccc2n2c(SCC(=O)Nc3ccc4ccccc4c3)nnc12. The summed E-state index contributed by atoms with van der Waals surface area (Å²) in [7, 11) is 1.63. The first kappa shape index (κ1) is 22.1. The molecule has 9 heteroatoms. The molecule has 1 N–H and O–H groups in total. The molecule has 172 valence electrons. The molecule has 0 bridgehead atoms. The summed E-state index contributed by atoms with van der Waals surface area (Å²) in [5.74, 6) is 0.470. The lowest BCUT2D eigenvalue weighted by Gasteiger charge is -2.11. The van der Waals surface area contributed by atoms with Crippen molar-refractivity contribution < 1.29 is 9.53 Å². The van der Waals surface area contributed by atoms with Gasteiger partial charge in [-0.1, -0.05) is 54.2 Å². The van der Waals surface area contributed by atoms with Crippen LogP contribution in [0.1, 0.15) is 6.42 Å².